The van der Waals surface area contributed by atoms with Crippen LogP contribution >= 0.6 is 0 Å². The molecule has 0 bridgehead atoms. The first-order chi connectivity index (χ1) is 18.5. The summed E-state index contributed by atoms with van der Waals surface area (Å²) in [5.41, 5.74) is 3.70. The van der Waals surface area contributed by atoms with Crippen molar-refractivity contribution in [2.45, 2.75) is 32.7 Å². The first kappa shape index (κ1) is 27.4. The molecule has 0 aliphatic carbocycles. The second-order valence-corrected chi connectivity index (χ2v) is 10.0. The SMILES string of the molecule is COc1ccc(C(C(N)=O)(C(C)C)N2C(=O)C(C)(CC(=O)O)C(=O)N(c3ccccc3)c3ccccc32)cc1. The minimum Gasteiger partial charge on any atom is -0.497 e. The van der Waals surface area contributed by atoms with E-state index >= 15 is 0 Å². The van der Waals surface area contributed by atoms with E-state index in [0.717, 1.165) is 0 Å². The fraction of sp³-hybridized carbons (Fsp3) is 0.267. The summed E-state index contributed by atoms with van der Waals surface area (Å²) in [6, 6.07) is 21.9. The normalized spacial score (nSPS) is 18.8. The lowest BCUT2D eigenvalue weighted by Gasteiger charge is -2.46. The number of rotatable bonds is 8. The first-order valence-corrected chi connectivity index (χ1v) is 12.5. The van der Waals surface area contributed by atoms with Gasteiger partial charge in [-0.2, -0.15) is 0 Å². The Morgan fingerprint density at radius 2 is 1.49 bits per heavy atom. The van der Waals surface area contributed by atoms with E-state index in [1.807, 2.05) is 0 Å². The summed E-state index contributed by atoms with van der Waals surface area (Å²) in [6.07, 6.45) is -0.798. The highest BCUT2D eigenvalue weighted by Crippen LogP contribution is 2.50. The van der Waals surface area contributed by atoms with Crippen molar-refractivity contribution in [2.75, 3.05) is 16.9 Å². The maximum atomic E-state index is 14.7. The molecule has 0 saturated heterocycles. The Bertz CT molecular complexity index is 1420. The maximum absolute atomic E-state index is 14.7. The van der Waals surface area contributed by atoms with E-state index in [-0.39, 0.29) is 5.69 Å². The van der Waals surface area contributed by atoms with Crippen molar-refractivity contribution in [3.63, 3.8) is 0 Å². The average Bonchev–Trinajstić information content (AvgIpc) is 2.97. The molecule has 3 aromatic carbocycles. The van der Waals surface area contributed by atoms with Crippen molar-refractivity contribution < 1.29 is 29.0 Å². The predicted molar refractivity (Wildman–Crippen MR) is 147 cm³/mol. The number of carbonyl (C=O) groups is 4. The van der Waals surface area contributed by atoms with Crippen molar-refractivity contribution >= 4 is 40.8 Å². The molecule has 202 valence electrons. The third-order valence-corrected chi connectivity index (χ3v) is 7.33. The van der Waals surface area contributed by atoms with Gasteiger partial charge in [0.2, 0.25) is 17.7 Å². The molecule has 9 heteroatoms. The number of primary amides is 1. The molecule has 1 heterocycles. The van der Waals surface area contributed by atoms with E-state index in [1.165, 1.54) is 23.8 Å². The number of amides is 3. The summed E-state index contributed by atoms with van der Waals surface area (Å²) in [5, 5.41) is 9.87. The molecule has 0 spiro atoms. The molecule has 9 nitrogen and oxygen atoms in total. The summed E-state index contributed by atoms with van der Waals surface area (Å²) in [7, 11) is 1.51. The maximum Gasteiger partial charge on any atom is 0.304 e. The number of benzene rings is 3. The number of nitrogens with two attached hydrogens (primary N) is 1. The van der Waals surface area contributed by atoms with E-state index in [2.05, 4.69) is 0 Å². The number of para-hydroxylation sites is 3. The Kier molecular flexibility index (Phi) is 7.19. The number of ether oxygens (including phenoxy) is 1. The summed E-state index contributed by atoms with van der Waals surface area (Å²) in [5.74, 6) is -3.80. The number of hydrogen-bond donors (Lipinski definition) is 2. The molecule has 0 fully saturated rings. The standard InChI is InChI=1S/C30H31N3O6/c1-19(2)30(26(31)36,20-14-16-22(39-4)17-15-20)33-24-13-9-8-12-23(24)32(21-10-6-5-7-11-21)27(37)29(3,28(33)38)18-25(34)35/h5-17,19H,18H2,1-4H3,(H2,31,36)(H,34,35). The quantitative estimate of drug-likeness (QED) is 0.420. The minimum absolute atomic E-state index is 0.247. The van der Waals surface area contributed by atoms with E-state index in [9.17, 15) is 24.3 Å². The lowest BCUT2D eigenvalue weighted by atomic mass is 9.74. The molecule has 0 radical (unpaired) electrons. The highest BCUT2D eigenvalue weighted by molar-refractivity contribution is 6.25. The summed E-state index contributed by atoms with van der Waals surface area (Å²) < 4.78 is 5.29. The van der Waals surface area contributed by atoms with Crippen LogP contribution < -0.4 is 20.3 Å². The Balaban J connectivity index is 2.14. The zero-order valence-corrected chi connectivity index (χ0v) is 22.3. The molecule has 39 heavy (non-hydrogen) atoms. The second-order valence-electron chi connectivity index (χ2n) is 10.0. The lowest BCUT2D eigenvalue weighted by molar-refractivity contribution is -0.150. The molecule has 4 rings (SSSR count). The molecule has 1 aliphatic heterocycles. The number of carboxylic acid groups (broad SMARTS) is 1. The molecule has 0 saturated carbocycles. The van der Waals surface area contributed by atoms with Crippen molar-refractivity contribution in [3.05, 3.63) is 84.4 Å². The van der Waals surface area contributed by atoms with Crippen molar-refractivity contribution in [3.8, 4) is 5.75 Å². The van der Waals surface area contributed by atoms with Gasteiger partial charge in [-0.15, -0.1) is 0 Å². The van der Waals surface area contributed by atoms with Crippen LogP contribution in [-0.2, 0) is 24.7 Å². The first-order valence-electron chi connectivity index (χ1n) is 12.5. The van der Waals surface area contributed by atoms with E-state index in [4.69, 9.17) is 10.5 Å². The van der Waals surface area contributed by atoms with Crippen LogP contribution in [0.2, 0.25) is 0 Å². The second kappa shape index (κ2) is 10.2. The summed E-state index contributed by atoms with van der Waals surface area (Å²) in [4.78, 5) is 57.3. The third-order valence-electron chi connectivity index (χ3n) is 7.33. The number of carbonyl (C=O) groups excluding carboxylic acids is 3. The van der Waals surface area contributed by atoms with Crippen molar-refractivity contribution in [1.29, 1.82) is 0 Å². The summed E-state index contributed by atoms with van der Waals surface area (Å²) >= 11 is 0. The number of anilines is 3. The van der Waals surface area contributed by atoms with Crippen LogP contribution in [0.1, 0.15) is 32.8 Å². The molecule has 3 amide bonds. The number of methoxy groups -OCH3 is 1. The minimum atomic E-state index is -2.08. The van der Waals surface area contributed by atoms with E-state index in [1.54, 1.807) is 92.7 Å². The van der Waals surface area contributed by atoms with Gasteiger partial charge in [-0.25, -0.2) is 0 Å². The molecule has 0 aromatic heterocycles. The summed E-state index contributed by atoms with van der Waals surface area (Å²) in [6.45, 7) is 4.81. The molecular weight excluding hydrogens is 498 g/mol. The van der Waals surface area contributed by atoms with Gasteiger partial charge < -0.3 is 15.6 Å². The molecule has 1 aliphatic rings. The smallest absolute Gasteiger partial charge is 0.304 e. The highest BCUT2D eigenvalue weighted by atomic mass is 16.5. The topological polar surface area (TPSA) is 130 Å². The number of aliphatic carboxylic acids is 1. The van der Waals surface area contributed by atoms with Crippen molar-refractivity contribution in [2.24, 2.45) is 17.1 Å². The van der Waals surface area contributed by atoms with Crippen LogP contribution in [0.3, 0.4) is 0 Å². The number of nitrogens with zero attached hydrogens (tertiary/aromatic N) is 2. The average molecular weight is 530 g/mol. The molecular formula is C30H31N3O6. The number of fused-ring (bicyclic) bond motifs is 1. The molecule has 2 unspecified atom stereocenters. The van der Waals surface area contributed by atoms with Gasteiger partial charge in [0.15, 0.2) is 5.54 Å². The van der Waals surface area contributed by atoms with Crippen molar-refractivity contribution in [1.82, 2.24) is 0 Å². The van der Waals surface area contributed by atoms with Crippen LogP contribution in [0, 0.1) is 11.3 Å². The highest BCUT2D eigenvalue weighted by Gasteiger charge is 2.59. The lowest BCUT2D eigenvalue weighted by Crippen LogP contribution is -2.64. The van der Waals surface area contributed by atoms with Gasteiger partial charge in [-0.3, -0.25) is 29.0 Å². The van der Waals surface area contributed by atoms with Gasteiger partial charge in [-0.05, 0) is 54.8 Å². The molecule has 2 atom stereocenters. The van der Waals surface area contributed by atoms with Gasteiger partial charge in [-0.1, -0.05) is 56.3 Å². The van der Waals surface area contributed by atoms with Crippen LogP contribution in [-0.4, -0.2) is 35.9 Å². The Morgan fingerprint density at radius 1 is 0.923 bits per heavy atom. The largest absolute Gasteiger partial charge is 0.497 e. The fourth-order valence-corrected chi connectivity index (χ4v) is 5.39. The number of carboxylic acids is 1. The Morgan fingerprint density at radius 3 is 2.00 bits per heavy atom. The number of hydrogen-bond acceptors (Lipinski definition) is 5. The predicted octanol–water partition coefficient (Wildman–Crippen LogP) is 4.22. The van der Waals surface area contributed by atoms with Gasteiger partial charge >= 0.3 is 5.97 Å². The monoisotopic (exact) mass is 529 g/mol. The van der Waals surface area contributed by atoms with Gasteiger partial charge in [0.05, 0.1) is 24.9 Å². The molecule has 3 N–H and O–H groups in total. The van der Waals surface area contributed by atoms with Gasteiger partial charge in [0, 0.05) is 5.69 Å². The fourth-order valence-electron chi connectivity index (χ4n) is 5.39. The van der Waals surface area contributed by atoms with Crippen LogP contribution in [0.15, 0.2) is 78.9 Å². The Hall–Kier alpha value is -4.66. The van der Waals surface area contributed by atoms with E-state index < -0.39 is 47.0 Å². The van der Waals surface area contributed by atoms with Crippen LogP contribution in [0.5, 0.6) is 5.75 Å². The van der Waals surface area contributed by atoms with Gasteiger partial charge in [0.25, 0.3) is 0 Å². The zero-order valence-electron chi connectivity index (χ0n) is 22.3. The molecule has 3 aromatic rings. The van der Waals surface area contributed by atoms with Crippen LogP contribution in [0.4, 0.5) is 17.1 Å². The van der Waals surface area contributed by atoms with E-state index in [0.29, 0.717) is 22.7 Å². The van der Waals surface area contributed by atoms with Crippen LogP contribution in [0.25, 0.3) is 0 Å². The van der Waals surface area contributed by atoms with Gasteiger partial charge in [0.1, 0.15) is 11.2 Å². The third kappa shape index (κ3) is 4.29. The zero-order chi connectivity index (χ0) is 28.5. The Labute approximate surface area is 226 Å².